The highest BCUT2D eigenvalue weighted by atomic mass is 14.9. The first kappa shape index (κ1) is 13.8. The van der Waals surface area contributed by atoms with Crippen molar-refractivity contribution in [2.24, 2.45) is 0 Å². The molecule has 0 spiro atoms. The second-order valence-electron chi connectivity index (χ2n) is 5.36. The summed E-state index contributed by atoms with van der Waals surface area (Å²) in [5, 5.41) is 4.63. The molecule has 3 aromatic rings. The molecule has 0 radical (unpaired) electrons. The summed E-state index contributed by atoms with van der Waals surface area (Å²) in [6.07, 6.45) is 7.39. The molecule has 0 aliphatic heterocycles. The Bertz CT molecular complexity index is 710. The lowest BCUT2D eigenvalue weighted by Gasteiger charge is -2.07. The van der Waals surface area contributed by atoms with Crippen LogP contribution in [0.25, 0.3) is 10.9 Å². The molecule has 2 aromatic heterocycles. The third-order valence-electron chi connectivity index (χ3n) is 3.64. The van der Waals surface area contributed by atoms with Crippen LogP contribution in [-0.4, -0.2) is 16.1 Å². The number of hydrogen-bond donors (Lipinski definition) is 1. The number of hydrogen-bond acceptors (Lipinski definition) is 2. The number of aromatic nitrogens is 2. The molecule has 0 saturated heterocycles. The molecule has 3 rings (SSSR count). The maximum absolute atomic E-state index is 4.52. The van der Waals surface area contributed by atoms with E-state index >= 15 is 0 Å². The van der Waals surface area contributed by atoms with Crippen LogP contribution in [0.15, 0.2) is 55.0 Å². The SMILES string of the molecule is CCCNCc1ccn(Cc2cccc3cccnc23)c1. The van der Waals surface area contributed by atoms with E-state index in [1.807, 2.05) is 12.3 Å². The zero-order chi connectivity index (χ0) is 14.5. The fourth-order valence-corrected chi connectivity index (χ4v) is 2.59. The first-order chi connectivity index (χ1) is 10.4. The first-order valence-corrected chi connectivity index (χ1v) is 7.55. The molecule has 0 fully saturated rings. The Morgan fingerprint density at radius 3 is 2.95 bits per heavy atom. The van der Waals surface area contributed by atoms with Gasteiger partial charge in [-0.1, -0.05) is 31.2 Å². The van der Waals surface area contributed by atoms with E-state index in [-0.39, 0.29) is 0 Å². The first-order valence-electron chi connectivity index (χ1n) is 7.55. The third-order valence-corrected chi connectivity index (χ3v) is 3.64. The van der Waals surface area contributed by atoms with Crippen molar-refractivity contribution in [3.63, 3.8) is 0 Å². The highest BCUT2D eigenvalue weighted by Crippen LogP contribution is 2.17. The molecular weight excluding hydrogens is 258 g/mol. The summed E-state index contributed by atoms with van der Waals surface area (Å²) in [4.78, 5) is 4.52. The average molecular weight is 279 g/mol. The molecule has 3 nitrogen and oxygen atoms in total. The Morgan fingerprint density at radius 1 is 1.14 bits per heavy atom. The van der Waals surface area contributed by atoms with Crippen molar-refractivity contribution in [2.75, 3.05) is 6.54 Å². The third kappa shape index (κ3) is 3.31. The van der Waals surface area contributed by atoms with Crippen molar-refractivity contribution in [3.8, 4) is 0 Å². The number of pyridine rings is 1. The van der Waals surface area contributed by atoms with Crippen LogP contribution in [0.4, 0.5) is 0 Å². The van der Waals surface area contributed by atoms with Gasteiger partial charge in [0.2, 0.25) is 0 Å². The lowest BCUT2D eigenvalue weighted by molar-refractivity contribution is 0.673. The second-order valence-corrected chi connectivity index (χ2v) is 5.36. The van der Waals surface area contributed by atoms with Crippen LogP contribution in [0.5, 0.6) is 0 Å². The van der Waals surface area contributed by atoms with Gasteiger partial charge in [0.1, 0.15) is 0 Å². The van der Waals surface area contributed by atoms with Crippen LogP contribution in [0, 0.1) is 0 Å². The van der Waals surface area contributed by atoms with Gasteiger partial charge in [-0.05, 0) is 36.2 Å². The number of nitrogens with zero attached hydrogens (tertiary/aromatic N) is 2. The molecule has 0 atom stereocenters. The number of benzene rings is 1. The summed E-state index contributed by atoms with van der Waals surface area (Å²) in [6, 6.07) is 12.7. The molecule has 2 heterocycles. The number of para-hydroxylation sites is 1. The van der Waals surface area contributed by atoms with Gasteiger partial charge in [0.15, 0.2) is 0 Å². The largest absolute Gasteiger partial charge is 0.349 e. The van der Waals surface area contributed by atoms with Crippen LogP contribution >= 0.6 is 0 Å². The van der Waals surface area contributed by atoms with Gasteiger partial charge in [0, 0.05) is 37.1 Å². The molecule has 0 saturated carbocycles. The smallest absolute Gasteiger partial charge is 0.0751 e. The minimum Gasteiger partial charge on any atom is -0.349 e. The minimum absolute atomic E-state index is 0.863. The van der Waals surface area contributed by atoms with Crippen LogP contribution in [0.1, 0.15) is 24.5 Å². The minimum atomic E-state index is 0.863. The van der Waals surface area contributed by atoms with E-state index in [0.717, 1.165) is 25.2 Å². The molecule has 0 aliphatic carbocycles. The standard InChI is InChI=1S/C18H21N3/c1-2-9-19-12-15-8-11-21(13-15)14-17-6-3-5-16-7-4-10-20-18(16)17/h3-8,10-11,13,19H,2,9,12,14H2,1H3. The highest BCUT2D eigenvalue weighted by molar-refractivity contribution is 5.81. The number of nitrogens with one attached hydrogen (secondary N) is 1. The van der Waals surface area contributed by atoms with Crippen LogP contribution in [-0.2, 0) is 13.1 Å². The molecule has 0 bridgehead atoms. The van der Waals surface area contributed by atoms with Crippen molar-refractivity contribution in [3.05, 3.63) is 66.1 Å². The van der Waals surface area contributed by atoms with Crippen molar-refractivity contribution in [1.29, 1.82) is 0 Å². The van der Waals surface area contributed by atoms with Crippen molar-refractivity contribution >= 4 is 10.9 Å². The van der Waals surface area contributed by atoms with Crippen LogP contribution < -0.4 is 5.32 Å². The van der Waals surface area contributed by atoms with Gasteiger partial charge in [0.05, 0.1) is 5.52 Å². The predicted octanol–water partition coefficient (Wildman–Crippen LogP) is 3.58. The van der Waals surface area contributed by atoms with Crippen molar-refractivity contribution in [2.45, 2.75) is 26.4 Å². The molecule has 3 heteroatoms. The van der Waals surface area contributed by atoms with Crippen molar-refractivity contribution in [1.82, 2.24) is 14.9 Å². The summed E-state index contributed by atoms with van der Waals surface area (Å²) in [5.74, 6) is 0. The zero-order valence-electron chi connectivity index (χ0n) is 12.4. The monoisotopic (exact) mass is 279 g/mol. The molecule has 0 aliphatic rings. The van der Waals surface area contributed by atoms with E-state index in [1.165, 1.54) is 22.9 Å². The number of fused-ring (bicyclic) bond motifs is 1. The lowest BCUT2D eigenvalue weighted by atomic mass is 10.1. The zero-order valence-corrected chi connectivity index (χ0v) is 12.4. The Morgan fingerprint density at radius 2 is 2.05 bits per heavy atom. The maximum atomic E-state index is 4.52. The number of rotatable bonds is 6. The lowest BCUT2D eigenvalue weighted by Crippen LogP contribution is -2.13. The van der Waals surface area contributed by atoms with E-state index in [9.17, 15) is 0 Å². The summed E-state index contributed by atoms with van der Waals surface area (Å²) in [5.41, 5.74) is 3.69. The van der Waals surface area contributed by atoms with Gasteiger partial charge in [-0.25, -0.2) is 0 Å². The fraction of sp³-hybridized carbons (Fsp3) is 0.278. The van der Waals surface area contributed by atoms with Gasteiger partial charge in [-0.3, -0.25) is 4.98 Å². The van der Waals surface area contributed by atoms with E-state index in [4.69, 9.17) is 0 Å². The van der Waals surface area contributed by atoms with Gasteiger partial charge in [-0.2, -0.15) is 0 Å². The average Bonchev–Trinajstić information content (AvgIpc) is 2.96. The van der Waals surface area contributed by atoms with Crippen molar-refractivity contribution < 1.29 is 0 Å². The molecule has 1 N–H and O–H groups in total. The molecule has 108 valence electrons. The highest BCUT2D eigenvalue weighted by Gasteiger charge is 2.03. The van der Waals surface area contributed by atoms with Crippen LogP contribution in [0.3, 0.4) is 0 Å². The quantitative estimate of drug-likeness (QED) is 0.699. The van der Waals surface area contributed by atoms with Gasteiger partial charge >= 0.3 is 0 Å². The normalized spacial score (nSPS) is 11.1. The Balaban J connectivity index is 1.76. The van der Waals surface area contributed by atoms with E-state index in [1.54, 1.807) is 0 Å². The maximum Gasteiger partial charge on any atom is 0.0751 e. The molecule has 0 unspecified atom stereocenters. The van der Waals surface area contributed by atoms with E-state index in [0.29, 0.717) is 0 Å². The van der Waals surface area contributed by atoms with E-state index < -0.39 is 0 Å². The Labute approximate surface area is 125 Å². The summed E-state index contributed by atoms with van der Waals surface area (Å²) >= 11 is 0. The Kier molecular flexibility index (Phi) is 4.31. The predicted molar refractivity (Wildman–Crippen MR) is 87.3 cm³/mol. The molecule has 1 aromatic carbocycles. The summed E-state index contributed by atoms with van der Waals surface area (Å²) < 4.78 is 2.23. The van der Waals surface area contributed by atoms with Gasteiger partial charge in [0.25, 0.3) is 0 Å². The molecule has 0 amide bonds. The van der Waals surface area contributed by atoms with Crippen LogP contribution in [0.2, 0.25) is 0 Å². The summed E-state index contributed by atoms with van der Waals surface area (Å²) in [7, 11) is 0. The topological polar surface area (TPSA) is 29.9 Å². The summed E-state index contributed by atoms with van der Waals surface area (Å²) in [6.45, 7) is 5.06. The molecular formula is C18H21N3. The van der Waals surface area contributed by atoms with Gasteiger partial charge in [-0.15, -0.1) is 0 Å². The van der Waals surface area contributed by atoms with E-state index in [2.05, 4.69) is 64.5 Å². The second kappa shape index (κ2) is 6.55. The molecule has 21 heavy (non-hydrogen) atoms. The fourth-order valence-electron chi connectivity index (χ4n) is 2.59. The Hall–Kier alpha value is -2.13. The van der Waals surface area contributed by atoms with Gasteiger partial charge < -0.3 is 9.88 Å².